The number of Topliss-reactive ketones (excluding diaryl/α,β-unsaturated/α-hetero) is 1. The lowest BCUT2D eigenvalue weighted by Crippen LogP contribution is -2.60. The summed E-state index contributed by atoms with van der Waals surface area (Å²) >= 11 is 0. The Morgan fingerprint density at radius 1 is 1.37 bits per heavy atom. The molecular weight excluding hydrogens is 357 g/mol. The van der Waals surface area contributed by atoms with E-state index in [2.05, 4.69) is 5.32 Å². The van der Waals surface area contributed by atoms with E-state index >= 15 is 0 Å². The van der Waals surface area contributed by atoms with E-state index < -0.39 is 30.7 Å². The van der Waals surface area contributed by atoms with Gasteiger partial charge in [-0.1, -0.05) is 6.92 Å². The Bertz CT molecular complexity index is 771. The largest absolute Gasteiger partial charge is 0.442 e. The summed E-state index contributed by atoms with van der Waals surface area (Å²) in [7, 11) is 0. The zero-order valence-electron chi connectivity index (χ0n) is 15.1. The van der Waals surface area contributed by atoms with Crippen LogP contribution in [0.15, 0.2) is 18.2 Å². The molecule has 2 heterocycles. The fourth-order valence-corrected chi connectivity index (χ4v) is 3.52. The van der Waals surface area contributed by atoms with E-state index in [1.807, 2.05) is 6.92 Å². The molecule has 8 nitrogen and oxygen atoms in total. The number of nitrogens with one attached hydrogen (secondary N) is 1. The summed E-state index contributed by atoms with van der Waals surface area (Å²) in [4.78, 5) is 37.8. The number of aliphatic hydroxyl groups is 1. The van der Waals surface area contributed by atoms with Gasteiger partial charge in [0.05, 0.1) is 30.5 Å². The number of aliphatic hydroxyl groups excluding tert-OH is 1. The quantitative estimate of drug-likeness (QED) is 0.754. The Morgan fingerprint density at radius 3 is 2.70 bits per heavy atom. The number of amides is 2. The highest BCUT2D eigenvalue weighted by Gasteiger charge is 2.41. The van der Waals surface area contributed by atoms with Crippen LogP contribution >= 0.6 is 0 Å². The molecule has 0 spiro atoms. The van der Waals surface area contributed by atoms with Gasteiger partial charge < -0.3 is 20.1 Å². The number of carbonyl (C=O) groups is 3. The van der Waals surface area contributed by atoms with Crippen LogP contribution in [-0.4, -0.2) is 61.3 Å². The zero-order valence-corrected chi connectivity index (χ0v) is 15.1. The second-order valence-electron chi connectivity index (χ2n) is 6.89. The molecule has 0 unspecified atom stereocenters. The molecule has 2 fully saturated rings. The maximum absolute atomic E-state index is 14.7. The van der Waals surface area contributed by atoms with Crippen molar-refractivity contribution in [2.45, 2.75) is 26.0 Å². The van der Waals surface area contributed by atoms with E-state index in [1.54, 1.807) is 11.0 Å². The fourth-order valence-electron chi connectivity index (χ4n) is 3.52. The number of anilines is 2. The lowest BCUT2D eigenvalue weighted by molar-refractivity contribution is -0.125. The first-order valence-corrected chi connectivity index (χ1v) is 8.74. The predicted octanol–water partition coefficient (Wildman–Crippen LogP) is 0.673. The number of carbonyl (C=O) groups excluding carboxylic acids is 3. The van der Waals surface area contributed by atoms with E-state index in [4.69, 9.17) is 9.84 Å². The molecule has 0 saturated carbocycles. The molecule has 2 aliphatic rings. The minimum atomic E-state index is -0.608. The summed E-state index contributed by atoms with van der Waals surface area (Å²) in [5.41, 5.74) is 0.594. The van der Waals surface area contributed by atoms with Crippen LogP contribution in [0.3, 0.4) is 0 Å². The van der Waals surface area contributed by atoms with Crippen LogP contribution in [0, 0.1) is 11.7 Å². The topological polar surface area (TPSA) is 99.2 Å². The summed E-state index contributed by atoms with van der Waals surface area (Å²) < 4.78 is 19.8. The van der Waals surface area contributed by atoms with Crippen molar-refractivity contribution < 1.29 is 28.6 Å². The van der Waals surface area contributed by atoms with Crippen molar-refractivity contribution in [2.24, 2.45) is 5.92 Å². The van der Waals surface area contributed by atoms with Crippen LogP contribution in [-0.2, 0) is 14.3 Å². The van der Waals surface area contributed by atoms with E-state index in [9.17, 15) is 18.8 Å². The molecule has 0 aliphatic carbocycles. The number of ether oxygens (including phenoxy) is 1. The maximum Gasteiger partial charge on any atom is 0.414 e. The third-order valence-corrected chi connectivity index (χ3v) is 4.85. The van der Waals surface area contributed by atoms with Gasteiger partial charge in [0, 0.05) is 19.4 Å². The SMILES string of the molecule is CC(=O)NC[C@H]1CN(c2ccc(N3C[C@H](C)[C@H]3C(=O)CO)c(F)c2)C(=O)O1. The van der Waals surface area contributed by atoms with Gasteiger partial charge in [-0.3, -0.25) is 14.5 Å². The third kappa shape index (κ3) is 3.73. The monoisotopic (exact) mass is 379 g/mol. The highest BCUT2D eigenvalue weighted by Crippen LogP contribution is 2.35. The van der Waals surface area contributed by atoms with Crippen LogP contribution in [0.25, 0.3) is 0 Å². The number of hydrogen-bond donors (Lipinski definition) is 2. The highest BCUT2D eigenvalue weighted by molar-refractivity contribution is 5.92. The molecule has 2 N–H and O–H groups in total. The van der Waals surface area contributed by atoms with Gasteiger partial charge in [0.2, 0.25) is 5.91 Å². The summed E-state index contributed by atoms with van der Waals surface area (Å²) in [6.45, 7) is 3.56. The number of rotatable bonds is 6. The van der Waals surface area contributed by atoms with Crippen LogP contribution < -0.4 is 15.1 Å². The summed E-state index contributed by atoms with van der Waals surface area (Å²) in [5.74, 6) is -1.10. The molecule has 3 atom stereocenters. The van der Waals surface area contributed by atoms with Gasteiger partial charge in [-0.15, -0.1) is 0 Å². The molecule has 1 aromatic rings. The minimum absolute atomic E-state index is 0.0341. The fraction of sp³-hybridized carbons (Fsp3) is 0.500. The average Bonchev–Trinajstić information content (AvgIpc) is 2.98. The molecule has 2 amide bonds. The van der Waals surface area contributed by atoms with Crippen LogP contribution in [0.1, 0.15) is 13.8 Å². The Labute approximate surface area is 155 Å². The van der Waals surface area contributed by atoms with Crippen LogP contribution in [0.5, 0.6) is 0 Å². The first-order chi connectivity index (χ1) is 12.8. The Balaban J connectivity index is 1.73. The van der Waals surface area contributed by atoms with Crippen molar-refractivity contribution in [3.8, 4) is 0 Å². The third-order valence-electron chi connectivity index (χ3n) is 4.85. The Morgan fingerprint density at radius 2 is 2.11 bits per heavy atom. The minimum Gasteiger partial charge on any atom is -0.442 e. The Kier molecular flexibility index (Phi) is 5.31. The van der Waals surface area contributed by atoms with Gasteiger partial charge in [-0.25, -0.2) is 9.18 Å². The molecule has 0 radical (unpaired) electrons. The van der Waals surface area contributed by atoms with Gasteiger partial charge in [0.15, 0.2) is 5.78 Å². The average molecular weight is 379 g/mol. The van der Waals surface area contributed by atoms with Crippen molar-refractivity contribution in [3.05, 3.63) is 24.0 Å². The van der Waals surface area contributed by atoms with Crippen molar-refractivity contribution >= 4 is 29.2 Å². The lowest BCUT2D eigenvalue weighted by atomic mass is 9.86. The Hall–Kier alpha value is -2.68. The van der Waals surface area contributed by atoms with Crippen molar-refractivity contribution in [2.75, 3.05) is 36.0 Å². The molecule has 0 bridgehead atoms. The normalized spacial score (nSPS) is 24.4. The maximum atomic E-state index is 14.7. The van der Waals surface area contributed by atoms with E-state index in [0.29, 0.717) is 12.2 Å². The first kappa shape index (κ1) is 19.1. The molecule has 27 heavy (non-hydrogen) atoms. The lowest BCUT2D eigenvalue weighted by Gasteiger charge is -2.47. The number of ketones is 1. The second-order valence-corrected chi connectivity index (χ2v) is 6.89. The molecule has 1 aromatic carbocycles. The molecule has 146 valence electrons. The molecule has 2 aliphatic heterocycles. The van der Waals surface area contributed by atoms with Gasteiger partial charge in [-0.05, 0) is 18.2 Å². The highest BCUT2D eigenvalue weighted by atomic mass is 19.1. The van der Waals surface area contributed by atoms with E-state index in [1.165, 1.54) is 24.0 Å². The standard InChI is InChI=1S/C18H22FN3O5/c1-10-7-22(17(10)16(25)9-23)15-4-3-12(5-14(15)19)21-8-13(27-18(21)26)6-20-11(2)24/h3-5,10,13,17,23H,6-9H2,1-2H3,(H,20,24)/t10-,13-,17-/m0/s1. The van der Waals surface area contributed by atoms with Gasteiger partial charge in [0.25, 0.3) is 0 Å². The molecule has 3 rings (SSSR count). The summed E-state index contributed by atoms with van der Waals surface area (Å²) in [5, 5.41) is 11.7. The molecule has 2 saturated heterocycles. The smallest absolute Gasteiger partial charge is 0.414 e. The summed E-state index contributed by atoms with van der Waals surface area (Å²) in [6.07, 6.45) is -1.12. The van der Waals surface area contributed by atoms with Gasteiger partial charge in [0.1, 0.15) is 18.5 Å². The van der Waals surface area contributed by atoms with Gasteiger partial charge in [-0.2, -0.15) is 0 Å². The van der Waals surface area contributed by atoms with Crippen LogP contribution in [0.2, 0.25) is 0 Å². The van der Waals surface area contributed by atoms with Crippen molar-refractivity contribution in [1.29, 1.82) is 0 Å². The van der Waals surface area contributed by atoms with Gasteiger partial charge >= 0.3 is 6.09 Å². The summed E-state index contributed by atoms with van der Waals surface area (Å²) in [6, 6.07) is 3.78. The first-order valence-electron chi connectivity index (χ1n) is 8.74. The zero-order chi connectivity index (χ0) is 19.7. The van der Waals surface area contributed by atoms with Crippen molar-refractivity contribution in [1.82, 2.24) is 5.32 Å². The number of benzene rings is 1. The molecule has 9 heteroatoms. The van der Waals surface area contributed by atoms with E-state index in [0.717, 1.165) is 0 Å². The van der Waals surface area contributed by atoms with E-state index in [-0.39, 0.29) is 36.4 Å². The number of hydrogen-bond acceptors (Lipinski definition) is 6. The number of nitrogens with zero attached hydrogens (tertiary/aromatic N) is 2. The molecule has 0 aromatic heterocycles. The number of cyclic esters (lactones) is 1. The second kappa shape index (κ2) is 7.51. The number of halogens is 1. The predicted molar refractivity (Wildman–Crippen MR) is 95.1 cm³/mol. The van der Waals surface area contributed by atoms with Crippen LogP contribution in [0.4, 0.5) is 20.6 Å². The van der Waals surface area contributed by atoms with Crippen molar-refractivity contribution in [3.63, 3.8) is 0 Å². The molecular formula is C18H22FN3O5.